The van der Waals surface area contributed by atoms with Crippen LogP contribution >= 0.6 is 0 Å². The van der Waals surface area contributed by atoms with Gasteiger partial charge >= 0.3 is 0 Å². The predicted molar refractivity (Wildman–Crippen MR) is 85.7 cm³/mol. The van der Waals surface area contributed by atoms with E-state index in [1.807, 2.05) is 56.4 Å². The number of nitrogens with zero attached hydrogens (tertiary/aromatic N) is 2. The van der Waals surface area contributed by atoms with Crippen LogP contribution in [0.3, 0.4) is 0 Å². The van der Waals surface area contributed by atoms with Gasteiger partial charge in [0.2, 0.25) is 0 Å². The summed E-state index contributed by atoms with van der Waals surface area (Å²) < 4.78 is 7.74. The van der Waals surface area contributed by atoms with Crippen LogP contribution in [0.4, 0.5) is 5.69 Å². The molecule has 0 radical (unpaired) electrons. The molecule has 0 atom stereocenters. The third-order valence-electron chi connectivity index (χ3n) is 3.50. The molecule has 0 fully saturated rings. The Morgan fingerprint density at radius 2 is 1.86 bits per heavy atom. The molecule has 4 nitrogen and oxygen atoms in total. The van der Waals surface area contributed by atoms with E-state index in [-0.39, 0.29) is 0 Å². The molecular formula is C17H19N3O. The summed E-state index contributed by atoms with van der Waals surface area (Å²) in [5, 5.41) is 3.41. The van der Waals surface area contributed by atoms with Crippen LogP contribution < -0.4 is 10.1 Å². The van der Waals surface area contributed by atoms with Gasteiger partial charge in [-0.2, -0.15) is 0 Å². The standard InChI is InChI=1S/C17H19N3O/c1-3-21-16-11-7-5-9-14(16)18-12-17-19-13-8-4-6-10-15(13)20(17)2/h4-11,18H,3,12H2,1-2H3. The number of benzene rings is 2. The Kier molecular flexibility index (Phi) is 3.77. The molecule has 3 rings (SSSR count). The first kappa shape index (κ1) is 13.5. The average Bonchev–Trinajstić information content (AvgIpc) is 2.84. The number of aryl methyl sites for hydroxylation is 1. The Labute approximate surface area is 124 Å². The van der Waals surface area contributed by atoms with E-state index in [4.69, 9.17) is 4.74 Å². The maximum atomic E-state index is 5.62. The predicted octanol–water partition coefficient (Wildman–Crippen LogP) is 3.58. The van der Waals surface area contributed by atoms with E-state index in [1.165, 1.54) is 0 Å². The molecule has 0 spiro atoms. The molecule has 0 saturated carbocycles. The lowest BCUT2D eigenvalue weighted by Gasteiger charge is -2.12. The van der Waals surface area contributed by atoms with E-state index < -0.39 is 0 Å². The molecule has 0 bridgehead atoms. The summed E-state index contributed by atoms with van der Waals surface area (Å²) in [5.41, 5.74) is 3.16. The van der Waals surface area contributed by atoms with Crippen LogP contribution in [-0.4, -0.2) is 16.2 Å². The van der Waals surface area contributed by atoms with Crippen LogP contribution in [-0.2, 0) is 13.6 Å². The molecule has 0 saturated heterocycles. The van der Waals surface area contributed by atoms with E-state index >= 15 is 0 Å². The number of imidazole rings is 1. The fourth-order valence-corrected chi connectivity index (χ4v) is 2.42. The van der Waals surface area contributed by atoms with Crippen molar-refractivity contribution in [3.63, 3.8) is 0 Å². The lowest BCUT2D eigenvalue weighted by atomic mass is 10.3. The Hall–Kier alpha value is -2.49. The topological polar surface area (TPSA) is 39.1 Å². The van der Waals surface area contributed by atoms with Crippen molar-refractivity contribution in [1.29, 1.82) is 0 Å². The number of hydrogen-bond donors (Lipinski definition) is 1. The molecule has 1 heterocycles. The van der Waals surface area contributed by atoms with E-state index in [0.717, 1.165) is 28.3 Å². The van der Waals surface area contributed by atoms with Gasteiger partial charge in [0, 0.05) is 7.05 Å². The van der Waals surface area contributed by atoms with Gasteiger partial charge in [0.25, 0.3) is 0 Å². The summed E-state index contributed by atoms with van der Waals surface area (Å²) in [6.07, 6.45) is 0. The Morgan fingerprint density at radius 3 is 2.67 bits per heavy atom. The smallest absolute Gasteiger partial charge is 0.142 e. The SMILES string of the molecule is CCOc1ccccc1NCc1nc2ccccc2n1C. The minimum Gasteiger partial charge on any atom is -0.492 e. The lowest BCUT2D eigenvalue weighted by Crippen LogP contribution is -2.07. The summed E-state index contributed by atoms with van der Waals surface area (Å²) in [4.78, 5) is 4.66. The zero-order valence-electron chi connectivity index (χ0n) is 12.3. The molecule has 108 valence electrons. The molecule has 0 amide bonds. The largest absolute Gasteiger partial charge is 0.492 e. The summed E-state index contributed by atoms with van der Waals surface area (Å²) in [6, 6.07) is 16.1. The van der Waals surface area contributed by atoms with Crippen LogP contribution in [0.1, 0.15) is 12.7 Å². The van der Waals surface area contributed by atoms with Crippen molar-refractivity contribution in [2.75, 3.05) is 11.9 Å². The summed E-state index contributed by atoms with van der Waals surface area (Å²) in [5.74, 6) is 1.88. The maximum Gasteiger partial charge on any atom is 0.142 e. The number of rotatable bonds is 5. The summed E-state index contributed by atoms with van der Waals surface area (Å²) in [6.45, 7) is 3.31. The third-order valence-corrected chi connectivity index (χ3v) is 3.50. The number of para-hydroxylation sites is 4. The van der Waals surface area contributed by atoms with Crippen molar-refractivity contribution < 1.29 is 4.74 Å². The molecule has 0 aliphatic carbocycles. The van der Waals surface area contributed by atoms with Crippen LogP contribution in [0.5, 0.6) is 5.75 Å². The Bertz CT molecular complexity index is 749. The molecule has 21 heavy (non-hydrogen) atoms. The number of nitrogens with one attached hydrogen (secondary N) is 1. The average molecular weight is 281 g/mol. The third kappa shape index (κ3) is 2.70. The van der Waals surface area contributed by atoms with Crippen molar-refractivity contribution in [1.82, 2.24) is 9.55 Å². The number of anilines is 1. The zero-order valence-corrected chi connectivity index (χ0v) is 12.3. The Balaban J connectivity index is 1.82. The first-order valence-electron chi connectivity index (χ1n) is 7.15. The van der Waals surface area contributed by atoms with Gasteiger partial charge in [0.15, 0.2) is 0 Å². The minimum absolute atomic E-state index is 0.658. The second kappa shape index (κ2) is 5.87. The number of fused-ring (bicyclic) bond motifs is 1. The highest BCUT2D eigenvalue weighted by atomic mass is 16.5. The minimum atomic E-state index is 0.658. The van der Waals surface area contributed by atoms with Crippen LogP contribution in [0, 0.1) is 0 Å². The second-order valence-electron chi connectivity index (χ2n) is 4.86. The normalized spacial score (nSPS) is 10.8. The van der Waals surface area contributed by atoms with Gasteiger partial charge in [-0.1, -0.05) is 24.3 Å². The van der Waals surface area contributed by atoms with Crippen molar-refractivity contribution >= 4 is 16.7 Å². The van der Waals surface area contributed by atoms with Gasteiger partial charge in [-0.05, 0) is 31.2 Å². The first-order valence-corrected chi connectivity index (χ1v) is 7.15. The Morgan fingerprint density at radius 1 is 1.10 bits per heavy atom. The number of aromatic nitrogens is 2. The van der Waals surface area contributed by atoms with Crippen LogP contribution in [0.15, 0.2) is 48.5 Å². The van der Waals surface area contributed by atoms with Gasteiger partial charge in [-0.3, -0.25) is 0 Å². The highest BCUT2D eigenvalue weighted by molar-refractivity contribution is 5.75. The molecule has 1 aromatic heterocycles. The molecule has 3 aromatic rings. The second-order valence-corrected chi connectivity index (χ2v) is 4.86. The highest BCUT2D eigenvalue weighted by Crippen LogP contribution is 2.24. The van der Waals surface area contributed by atoms with Crippen molar-refractivity contribution in [2.45, 2.75) is 13.5 Å². The molecule has 4 heteroatoms. The van der Waals surface area contributed by atoms with Gasteiger partial charge in [0.05, 0.1) is 29.9 Å². The first-order chi connectivity index (χ1) is 10.3. The van der Waals surface area contributed by atoms with Gasteiger partial charge in [-0.15, -0.1) is 0 Å². The van der Waals surface area contributed by atoms with Crippen LogP contribution in [0.25, 0.3) is 11.0 Å². The number of ether oxygens (including phenoxy) is 1. The van der Waals surface area contributed by atoms with Gasteiger partial charge in [-0.25, -0.2) is 4.98 Å². The zero-order chi connectivity index (χ0) is 14.7. The van der Waals surface area contributed by atoms with E-state index in [9.17, 15) is 0 Å². The molecule has 0 unspecified atom stereocenters. The molecule has 0 aliphatic heterocycles. The molecule has 2 aromatic carbocycles. The van der Waals surface area contributed by atoms with E-state index in [1.54, 1.807) is 0 Å². The number of hydrogen-bond acceptors (Lipinski definition) is 3. The van der Waals surface area contributed by atoms with E-state index in [0.29, 0.717) is 13.2 Å². The quantitative estimate of drug-likeness (QED) is 0.777. The fourth-order valence-electron chi connectivity index (χ4n) is 2.42. The van der Waals surface area contributed by atoms with Crippen LogP contribution in [0.2, 0.25) is 0 Å². The summed E-state index contributed by atoms with van der Waals surface area (Å²) >= 11 is 0. The maximum absolute atomic E-state index is 5.62. The monoisotopic (exact) mass is 281 g/mol. The lowest BCUT2D eigenvalue weighted by molar-refractivity contribution is 0.341. The van der Waals surface area contributed by atoms with Crippen molar-refractivity contribution in [3.05, 3.63) is 54.4 Å². The van der Waals surface area contributed by atoms with Crippen molar-refractivity contribution in [2.24, 2.45) is 7.05 Å². The van der Waals surface area contributed by atoms with Gasteiger partial charge < -0.3 is 14.6 Å². The molecular weight excluding hydrogens is 262 g/mol. The van der Waals surface area contributed by atoms with Crippen molar-refractivity contribution in [3.8, 4) is 5.75 Å². The fraction of sp³-hybridized carbons (Fsp3) is 0.235. The highest BCUT2D eigenvalue weighted by Gasteiger charge is 2.08. The molecule has 0 aliphatic rings. The van der Waals surface area contributed by atoms with Gasteiger partial charge in [0.1, 0.15) is 11.6 Å². The molecule has 1 N–H and O–H groups in total. The summed E-state index contributed by atoms with van der Waals surface area (Å²) in [7, 11) is 2.04. The van der Waals surface area contributed by atoms with E-state index in [2.05, 4.69) is 20.9 Å².